The number of allylic oxidation sites excluding steroid dienone is 3. The summed E-state index contributed by atoms with van der Waals surface area (Å²) in [6, 6.07) is 0. The molecule has 0 heterocycles. The maximum absolute atomic E-state index is 5.83. The molecule has 1 aliphatic carbocycles. The monoisotopic (exact) mass is 208 g/mol. The smallest absolute Gasteiger partial charge is 0.0794 e. The van der Waals surface area contributed by atoms with Crippen molar-refractivity contribution < 1.29 is 4.74 Å². The van der Waals surface area contributed by atoms with Crippen molar-refractivity contribution in [3.8, 4) is 0 Å². The summed E-state index contributed by atoms with van der Waals surface area (Å²) < 4.78 is 5.83. The Morgan fingerprint density at radius 1 is 1.60 bits per heavy atom. The molecule has 0 saturated heterocycles. The normalized spacial score (nSPS) is 27.0. The number of ether oxygens (including phenoxy) is 1. The van der Waals surface area contributed by atoms with Gasteiger partial charge in [-0.05, 0) is 32.6 Å². The second kappa shape index (κ2) is 4.98. The minimum absolute atomic E-state index is 0.267. The third-order valence-corrected chi connectivity index (χ3v) is 3.76. The SMILES string of the molecule is C/C=C\C(OCC)C1CC=C(C)C1(C)C. The van der Waals surface area contributed by atoms with Crippen LogP contribution in [0.15, 0.2) is 23.8 Å². The molecular weight excluding hydrogens is 184 g/mol. The Hall–Kier alpha value is -0.560. The van der Waals surface area contributed by atoms with Gasteiger partial charge in [0.2, 0.25) is 0 Å². The zero-order chi connectivity index (χ0) is 11.5. The van der Waals surface area contributed by atoms with E-state index in [1.807, 2.05) is 0 Å². The first kappa shape index (κ1) is 12.5. The Morgan fingerprint density at radius 2 is 2.27 bits per heavy atom. The van der Waals surface area contributed by atoms with Gasteiger partial charge in [0, 0.05) is 12.5 Å². The van der Waals surface area contributed by atoms with Crippen molar-refractivity contribution >= 4 is 0 Å². The zero-order valence-electron chi connectivity index (χ0n) is 10.7. The molecule has 1 rings (SSSR count). The molecular formula is C14H24O. The van der Waals surface area contributed by atoms with E-state index in [9.17, 15) is 0 Å². The van der Waals surface area contributed by atoms with E-state index in [0.717, 1.165) is 13.0 Å². The van der Waals surface area contributed by atoms with Gasteiger partial charge in [0.1, 0.15) is 0 Å². The maximum Gasteiger partial charge on any atom is 0.0794 e. The van der Waals surface area contributed by atoms with Gasteiger partial charge in [-0.1, -0.05) is 37.6 Å². The van der Waals surface area contributed by atoms with Crippen molar-refractivity contribution in [2.24, 2.45) is 11.3 Å². The van der Waals surface area contributed by atoms with Gasteiger partial charge in [0.05, 0.1) is 6.10 Å². The second-order valence-corrected chi connectivity index (χ2v) is 4.90. The van der Waals surface area contributed by atoms with Gasteiger partial charge in [-0.15, -0.1) is 0 Å². The second-order valence-electron chi connectivity index (χ2n) is 4.90. The van der Waals surface area contributed by atoms with Crippen LogP contribution in [0, 0.1) is 11.3 Å². The fourth-order valence-electron chi connectivity index (χ4n) is 2.39. The molecule has 2 unspecified atom stereocenters. The van der Waals surface area contributed by atoms with Gasteiger partial charge in [-0.2, -0.15) is 0 Å². The lowest BCUT2D eigenvalue weighted by atomic mass is 9.75. The van der Waals surface area contributed by atoms with Crippen LogP contribution in [0.1, 0.15) is 41.0 Å². The van der Waals surface area contributed by atoms with E-state index in [2.05, 4.69) is 52.8 Å². The lowest BCUT2D eigenvalue weighted by Crippen LogP contribution is -2.32. The zero-order valence-corrected chi connectivity index (χ0v) is 10.7. The fourth-order valence-corrected chi connectivity index (χ4v) is 2.39. The molecule has 0 aliphatic heterocycles. The van der Waals surface area contributed by atoms with Crippen molar-refractivity contribution in [2.45, 2.75) is 47.1 Å². The molecule has 0 fully saturated rings. The van der Waals surface area contributed by atoms with Crippen LogP contribution in [0.2, 0.25) is 0 Å². The highest BCUT2D eigenvalue weighted by atomic mass is 16.5. The summed E-state index contributed by atoms with van der Waals surface area (Å²) in [5.41, 5.74) is 1.78. The Morgan fingerprint density at radius 3 is 2.67 bits per heavy atom. The fraction of sp³-hybridized carbons (Fsp3) is 0.714. The van der Waals surface area contributed by atoms with E-state index in [4.69, 9.17) is 4.74 Å². The van der Waals surface area contributed by atoms with Crippen LogP contribution in [0.3, 0.4) is 0 Å². The minimum Gasteiger partial charge on any atom is -0.374 e. The van der Waals surface area contributed by atoms with Crippen LogP contribution in [0.5, 0.6) is 0 Å². The summed E-state index contributed by atoms with van der Waals surface area (Å²) in [6.07, 6.45) is 8.07. The van der Waals surface area contributed by atoms with Crippen LogP contribution in [-0.2, 0) is 4.74 Å². The van der Waals surface area contributed by atoms with Gasteiger partial charge >= 0.3 is 0 Å². The molecule has 0 aromatic carbocycles. The molecule has 0 aromatic heterocycles. The van der Waals surface area contributed by atoms with Crippen LogP contribution >= 0.6 is 0 Å². The van der Waals surface area contributed by atoms with Crippen LogP contribution in [-0.4, -0.2) is 12.7 Å². The highest BCUT2D eigenvalue weighted by Gasteiger charge is 2.39. The van der Waals surface area contributed by atoms with Gasteiger partial charge in [-0.3, -0.25) is 0 Å². The summed E-state index contributed by atoms with van der Waals surface area (Å²) in [5.74, 6) is 0.591. The van der Waals surface area contributed by atoms with Crippen molar-refractivity contribution in [3.63, 3.8) is 0 Å². The summed E-state index contributed by atoms with van der Waals surface area (Å²) in [4.78, 5) is 0. The largest absolute Gasteiger partial charge is 0.374 e. The van der Waals surface area contributed by atoms with E-state index < -0.39 is 0 Å². The van der Waals surface area contributed by atoms with Crippen molar-refractivity contribution in [3.05, 3.63) is 23.8 Å². The first-order chi connectivity index (χ1) is 7.04. The molecule has 1 heteroatoms. The Bertz CT molecular complexity index is 261. The predicted octanol–water partition coefficient (Wildman–Crippen LogP) is 3.96. The van der Waals surface area contributed by atoms with Crippen LogP contribution in [0.4, 0.5) is 0 Å². The molecule has 0 bridgehead atoms. The number of rotatable bonds is 4. The van der Waals surface area contributed by atoms with Crippen molar-refractivity contribution in [1.29, 1.82) is 0 Å². The molecule has 0 N–H and O–H groups in total. The molecule has 2 atom stereocenters. The van der Waals surface area contributed by atoms with Gasteiger partial charge in [0.15, 0.2) is 0 Å². The van der Waals surface area contributed by atoms with E-state index >= 15 is 0 Å². The van der Waals surface area contributed by atoms with Gasteiger partial charge in [-0.25, -0.2) is 0 Å². The topological polar surface area (TPSA) is 9.23 Å². The minimum atomic E-state index is 0.267. The molecule has 0 aromatic rings. The van der Waals surface area contributed by atoms with E-state index in [1.54, 1.807) is 0 Å². The predicted molar refractivity (Wildman–Crippen MR) is 65.9 cm³/mol. The summed E-state index contributed by atoms with van der Waals surface area (Å²) in [5, 5.41) is 0. The average Bonchev–Trinajstić information content (AvgIpc) is 2.42. The Kier molecular flexibility index (Phi) is 4.15. The first-order valence-electron chi connectivity index (χ1n) is 5.95. The van der Waals surface area contributed by atoms with Crippen LogP contribution < -0.4 is 0 Å². The molecule has 1 aliphatic rings. The molecule has 0 radical (unpaired) electrons. The molecule has 0 amide bonds. The van der Waals surface area contributed by atoms with E-state index in [1.165, 1.54) is 5.57 Å². The van der Waals surface area contributed by atoms with Gasteiger partial charge in [0.25, 0.3) is 0 Å². The summed E-state index contributed by atoms with van der Waals surface area (Å²) in [7, 11) is 0. The van der Waals surface area contributed by atoms with Crippen molar-refractivity contribution in [2.75, 3.05) is 6.61 Å². The maximum atomic E-state index is 5.83. The lowest BCUT2D eigenvalue weighted by Gasteiger charge is -2.34. The standard InChI is InChI=1S/C14H24O/c1-6-8-13(15-7-2)12-10-9-11(3)14(12,4)5/h6,8-9,12-13H,7,10H2,1-5H3/b8-6-. The molecule has 0 saturated carbocycles. The third kappa shape index (κ3) is 2.52. The Labute approximate surface area is 94.2 Å². The number of hydrogen-bond donors (Lipinski definition) is 0. The molecule has 15 heavy (non-hydrogen) atoms. The quantitative estimate of drug-likeness (QED) is 0.635. The van der Waals surface area contributed by atoms with E-state index in [0.29, 0.717) is 5.92 Å². The molecule has 0 spiro atoms. The van der Waals surface area contributed by atoms with E-state index in [-0.39, 0.29) is 11.5 Å². The Balaban J connectivity index is 2.78. The summed E-state index contributed by atoms with van der Waals surface area (Å²) >= 11 is 0. The average molecular weight is 208 g/mol. The molecule has 86 valence electrons. The van der Waals surface area contributed by atoms with Crippen molar-refractivity contribution in [1.82, 2.24) is 0 Å². The third-order valence-electron chi connectivity index (χ3n) is 3.76. The van der Waals surface area contributed by atoms with Gasteiger partial charge < -0.3 is 4.74 Å². The first-order valence-corrected chi connectivity index (χ1v) is 5.95. The highest BCUT2D eigenvalue weighted by Crippen LogP contribution is 2.45. The highest BCUT2D eigenvalue weighted by molar-refractivity contribution is 5.20. The lowest BCUT2D eigenvalue weighted by molar-refractivity contribution is 0.0237. The van der Waals surface area contributed by atoms with Crippen LogP contribution in [0.25, 0.3) is 0 Å². The summed E-state index contributed by atoms with van der Waals surface area (Å²) in [6.45, 7) is 11.8. The number of hydrogen-bond acceptors (Lipinski definition) is 1. The molecule has 1 nitrogen and oxygen atoms in total.